The zero-order valence-electron chi connectivity index (χ0n) is 19.3. The van der Waals surface area contributed by atoms with Crippen LogP contribution in [0.4, 0.5) is 5.13 Å². The standard InChI is InChI=1S/C25H29N5O3S/c1-2-32-19-5-3-18(4-6-19)22-27-21(33-30-22)8-7-20(31)26-24-29-28-23(34-24)25-12-15-9-16(13-25)11-17(10-15)14-25/h3-6,15-17H,2,7-14H2,1H3,(H,26,29,31). The molecule has 0 atom stereocenters. The molecule has 0 aliphatic heterocycles. The second-order valence-electron chi connectivity index (χ2n) is 10.1. The number of rotatable bonds is 8. The Morgan fingerprint density at radius 2 is 1.82 bits per heavy atom. The van der Waals surface area contributed by atoms with Gasteiger partial charge in [-0.3, -0.25) is 4.79 Å². The van der Waals surface area contributed by atoms with E-state index in [0.717, 1.165) is 34.1 Å². The molecule has 3 aromatic rings. The third kappa shape index (κ3) is 4.21. The Hall–Kier alpha value is -2.81. The molecule has 0 unspecified atom stereocenters. The van der Waals surface area contributed by atoms with Crippen LogP contribution in [0.5, 0.6) is 5.75 Å². The number of ether oxygens (including phenoxy) is 1. The number of nitrogens with one attached hydrogen (secondary N) is 1. The third-order valence-electron chi connectivity index (χ3n) is 7.62. The first kappa shape index (κ1) is 21.7. The Labute approximate surface area is 202 Å². The van der Waals surface area contributed by atoms with Crippen molar-refractivity contribution in [3.8, 4) is 17.1 Å². The average Bonchev–Trinajstić information content (AvgIpc) is 3.48. The van der Waals surface area contributed by atoms with Gasteiger partial charge in [-0.1, -0.05) is 16.5 Å². The van der Waals surface area contributed by atoms with Crippen LogP contribution in [0.15, 0.2) is 28.8 Å². The van der Waals surface area contributed by atoms with Crippen molar-refractivity contribution in [3.63, 3.8) is 0 Å². The fourth-order valence-corrected chi connectivity index (χ4v) is 7.58. The molecule has 8 nitrogen and oxygen atoms in total. The summed E-state index contributed by atoms with van der Waals surface area (Å²) in [5, 5.41) is 17.5. The van der Waals surface area contributed by atoms with Gasteiger partial charge in [0.1, 0.15) is 10.8 Å². The number of anilines is 1. The monoisotopic (exact) mass is 479 g/mol. The summed E-state index contributed by atoms with van der Waals surface area (Å²) < 4.78 is 10.8. The quantitative estimate of drug-likeness (QED) is 0.483. The summed E-state index contributed by atoms with van der Waals surface area (Å²) >= 11 is 1.56. The molecule has 9 heteroatoms. The van der Waals surface area contributed by atoms with E-state index in [9.17, 15) is 4.79 Å². The first-order chi connectivity index (χ1) is 16.6. The molecule has 0 spiro atoms. The van der Waals surface area contributed by atoms with Gasteiger partial charge in [0.05, 0.1) is 6.61 Å². The predicted octanol–water partition coefficient (Wildman–Crippen LogP) is 5.03. The van der Waals surface area contributed by atoms with Gasteiger partial charge in [0.15, 0.2) is 0 Å². The second kappa shape index (κ2) is 8.76. The third-order valence-corrected chi connectivity index (χ3v) is 8.71. The van der Waals surface area contributed by atoms with Gasteiger partial charge >= 0.3 is 0 Å². The number of aromatic nitrogens is 4. The SMILES string of the molecule is CCOc1ccc(-c2noc(CCC(=O)Nc3nnc(C45CC6CC(CC(C6)C4)C5)s3)n2)cc1. The molecule has 1 aromatic carbocycles. The van der Waals surface area contributed by atoms with E-state index in [1.165, 1.54) is 38.5 Å². The molecule has 4 fully saturated rings. The van der Waals surface area contributed by atoms with Gasteiger partial charge in [0.25, 0.3) is 0 Å². The molecule has 34 heavy (non-hydrogen) atoms. The second-order valence-corrected chi connectivity index (χ2v) is 11.1. The fourth-order valence-electron chi connectivity index (χ4n) is 6.60. The van der Waals surface area contributed by atoms with Gasteiger partial charge in [0, 0.05) is 23.8 Å². The van der Waals surface area contributed by atoms with Gasteiger partial charge < -0.3 is 14.6 Å². The largest absolute Gasteiger partial charge is 0.494 e. The highest BCUT2D eigenvalue weighted by Gasteiger charge is 2.53. The predicted molar refractivity (Wildman–Crippen MR) is 128 cm³/mol. The summed E-state index contributed by atoms with van der Waals surface area (Å²) in [6, 6.07) is 7.54. The topological polar surface area (TPSA) is 103 Å². The Morgan fingerprint density at radius 3 is 2.50 bits per heavy atom. The van der Waals surface area contributed by atoms with Crippen LogP contribution >= 0.6 is 11.3 Å². The van der Waals surface area contributed by atoms with E-state index < -0.39 is 0 Å². The van der Waals surface area contributed by atoms with Crippen LogP contribution in [0.25, 0.3) is 11.4 Å². The van der Waals surface area contributed by atoms with Crippen LogP contribution < -0.4 is 10.1 Å². The summed E-state index contributed by atoms with van der Waals surface area (Å²) in [6.07, 6.45) is 8.56. The molecule has 1 amide bonds. The van der Waals surface area contributed by atoms with Crippen LogP contribution in [0.2, 0.25) is 0 Å². The molecule has 4 aliphatic carbocycles. The molecule has 7 rings (SSSR count). The van der Waals surface area contributed by atoms with Crippen molar-refractivity contribution in [1.82, 2.24) is 20.3 Å². The summed E-state index contributed by atoms with van der Waals surface area (Å²) in [4.78, 5) is 17.0. The summed E-state index contributed by atoms with van der Waals surface area (Å²) in [5.41, 5.74) is 1.05. The Kier molecular flexibility index (Phi) is 5.59. The lowest BCUT2D eigenvalue weighted by Gasteiger charge is -2.55. The van der Waals surface area contributed by atoms with Crippen LogP contribution in [0.3, 0.4) is 0 Å². The Bertz CT molecular complexity index is 1140. The highest BCUT2D eigenvalue weighted by Crippen LogP contribution is 2.61. The van der Waals surface area contributed by atoms with Crippen molar-refractivity contribution in [1.29, 1.82) is 0 Å². The van der Waals surface area contributed by atoms with E-state index in [0.29, 0.717) is 29.9 Å². The van der Waals surface area contributed by atoms with Gasteiger partial charge in [-0.05, 0) is 87.5 Å². The first-order valence-electron chi connectivity index (χ1n) is 12.3. The highest BCUT2D eigenvalue weighted by atomic mass is 32.1. The fraction of sp³-hybridized carbons (Fsp3) is 0.560. The van der Waals surface area contributed by atoms with E-state index in [1.54, 1.807) is 11.3 Å². The van der Waals surface area contributed by atoms with E-state index in [1.807, 2.05) is 31.2 Å². The lowest BCUT2D eigenvalue weighted by Crippen LogP contribution is -2.48. The first-order valence-corrected chi connectivity index (χ1v) is 13.1. The van der Waals surface area contributed by atoms with E-state index in [-0.39, 0.29) is 17.7 Å². The summed E-state index contributed by atoms with van der Waals surface area (Å²) in [7, 11) is 0. The molecule has 2 heterocycles. The van der Waals surface area contributed by atoms with Gasteiger partial charge in [-0.25, -0.2) is 0 Å². The molecule has 0 radical (unpaired) electrons. The Morgan fingerprint density at radius 1 is 1.12 bits per heavy atom. The molecule has 4 bridgehead atoms. The smallest absolute Gasteiger partial charge is 0.227 e. The number of hydrogen-bond donors (Lipinski definition) is 1. The normalized spacial score (nSPS) is 27.1. The number of amides is 1. The zero-order valence-corrected chi connectivity index (χ0v) is 20.1. The number of benzene rings is 1. The van der Waals surface area contributed by atoms with Gasteiger partial charge in [-0.15, -0.1) is 10.2 Å². The number of carbonyl (C=O) groups excluding carboxylic acids is 1. The summed E-state index contributed by atoms with van der Waals surface area (Å²) in [5.74, 6) is 4.19. The van der Waals surface area contributed by atoms with E-state index >= 15 is 0 Å². The Balaban J connectivity index is 1.04. The van der Waals surface area contributed by atoms with E-state index in [2.05, 4.69) is 25.7 Å². The zero-order chi connectivity index (χ0) is 23.1. The van der Waals surface area contributed by atoms with Crippen molar-refractivity contribution in [2.75, 3.05) is 11.9 Å². The van der Waals surface area contributed by atoms with Crippen LogP contribution in [-0.2, 0) is 16.6 Å². The molecule has 0 saturated heterocycles. The van der Waals surface area contributed by atoms with Gasteiger partial charge in [-0.2, -0.15) is 4.98 Å². The molecular formula is C25H29N5O3S. The molecular weight excluding hydrogens is 450 g/mol. The van der Waals surface area contributed by atoms with Crippen molar-refractivity contribution in [2.45, 2.75) is 63.7 Å². The number of carbonyl (C=O) groups is 1. The minimum absolute atomic E-state index is 0.117. The maximum atomic E-state index is 12.5. The highest BCUT2D eigenvalue weighted by molar-refractivity contribution is 7.15. The number of hydrogen-bond acceptors (Lipinski definition) is 8. The maximum absolute atomic E-state index is 12.5. The summed E-state index contributed by atoms with van der Waals surface area (Å²) in [6.45, 7) is 2.57. The lowest BCUT2D eigenvalue weighted by atomic mass is 9.50. The average molecular weight is 480 g/mol. The number of nitrogens with zero attached hydrogens (tertiary/aromatic N) is 4. The van der Waals surface area contributed by atoms with Crippen molar-refractivity contribution in [2.24, 2.45) is 17.8 Å². The number of aryl methyl sites for hydroxylation is 1. The minimum Gasteiger partial charge on any atom is -0.494 e. The minimum atomic E-state index is -0.117. The van der Waals surface area contributed by atoms with Crippen LogP contribution in [0.1, 0.15) is 62.8 Å². The molecule has 4 saturated carbocycles. The lowest BCUT2D eigenvalue weighted by molar-refractivity contribution is -0.116. The van der Waals surface area contributed by atoms with E-state index in [4.69, 9.17) is 9.26 Å². The van der Waals surface area contributed by atoms with Crippen molar-refractivity contribution >= 4 is 22.4 Å². The van der Waals surface area contributed by atoms with Gasteiger partial charge in [0.2, 0.25) is 22.8 Å². The molecule has 178 valence electrons. The van der Waals surface area contributed by atoms with Crippen molar-refractivity contribution in [3.05, 3.63) is 35.2 Å². The van der Waals surface area contributed by atoms with Crippen molar-refractivity contribution < 1.29 is 14.1 Å². The molecule has 1 N–H and O–H groups in total. The molecule has 4 aliphatic rings. The molecule has 2 aromatic heterocycles. The van der Waals surface area contributed by atoms with Crippen LogP contribution in [0, 0.1) is 17.8 Å². The maximum Gasteiger partial charge on any atom is 0.227 e. The van der Waals surface area contributed by atoms with Crippen LogP contribution in [-0.4, -0.2) is 32.9 Å².